The summed E-state index contributed by atoms with van der Waals surface area (Å²) in [6.07, 6.45) is -0.319. The molecule has 192 valence electrons. The lowest BCUT2D eigenvalue weighted by molar-refractivity contribution is -0.117. The van der Waals surface area contributed by atoms with Crippen molar-refractivity contribution < 1.29 is 4.79 Å². The van der Waals surface area contributed by atoms with Crippen LogP contribution in [-0.2, 0) is 10.3 Å². The molecule has 1 atom stereocenters. The number of anilines is 1. The second-order valence-electron chi connectivity index (χ2n) is 10.2. The minimum Gasteiger partial charge on any atom is -0.290 e. The molecular weight excluding hydrogens is 476 g/mol. The molecule has 1 aliphatic heterocycles. The van der Waals surface area contributed by atoms with E-state index < -0.39 is 5.54 Å². The number of aryl methyl sites for hydroxylation is 2. The predicted octanol–water partition coefficient (Wildman–Crippen LogP) is 7.64. The summed E-state index contributed by atoms with van der Waals surface area (Å²) in [6.45, 7) is 4.49. The third-order valence-corrected chi connectivity index (χ3v) is 7.96. The predicted molar refractivity (Wildman–Crippen MR) is 158 cm³/mol. The minimum absolute atomic E-state index is 0.0877. The molecule has 39 heavy (non-hydrogen) atoms. The molecule has 1 saturated heterocycles. The van der Waals surface area contributed by atoms with Crippen LogP contribution in [0, 0.1) is 13.8 Å². The summed E-state index contributed by atoms with van der Waals surface area (Å²) in [7, 11) is 0. The van der Waals surface area contributed by atoms with Crippen LogP contribution in [-0.4, -0.2) is 17.4 Å². The zero-order chi connectivity index (χ0) is 26.8. The maximum absolute atomic E-state index is 14.3. The average molecular weight is 509 g/mol. The molecule has 5 aromatic carbocycles. The van der Waals surface area contributed by atoms with Crippen molar-refractivity contribution in [3.05, 3.63) is 173 Å². The molecule has 3 nitrogen and oxygen atoms in total. The molecule has 1 unspecified atom stereocenters. The Morgan fingerprint density at radius 2 is 1.00 bits per heavy atom. The van der Waals surface area contributed by atoms with Gasteiger partial charge in [0.15, 0.2) is 0 Å². The zero-order valence-corrected chi connectivity index (χ0v) is 22.4. The lowest BCUT2D eigenvalue weighted by Crippen LogP contribution is -2.49. The van der Waals surface area contributed by atoms with Gasteiger partial charge < -0.3 is 0 Å². The largest absolute Gasteiger partial charge is 0.290 e. The molecule has 5 aromatic rings. The number of hydrogen-bond donors (Lipinski definition) is 0. The van der Waals surface area contributed by atoms with E-state index in [0.29, 0.717) is 0 Å². The van der Waals surface area contributed by atoms with E-state index in [1.165, 1.54) is 0 Å². The van der Waals surface area contributed by atoms with Crippen molar-refractivity contribution in [1.29, 1.82) is 0 Å². The highest BCUT2D eigenvalue weighted by atomic mass is 16.2. The van der Waals surface area contributed by atoms with Crippen molar-refractivity contribution in [2.45, 2.75) is 25.6 Å². The second-order valence-corrected chi connectivity index (χ2v) is 10.2. The van der Waals surface area contributed by atoms with E-state index in [0.717, 1.165) is 39.1 Å². The maximum atomic E-state index is 14.3. The third-order valence-electron chi connectivity index (χ3n) is 7.96. The first-order valence-corrected chi connectivity index (χ1v) is 13.5. The van der Waals surface area contributed by atoms with Gasteiger partial charge in [-0.1, -0.05) is 133 Å². The van der Waals surface area contributed by atoms with Gasteiger partial charge in [-0.2, -0.15) is 0 Å². The van der Waals surface area contributed by atoms with E-state index >= 15 is 0 Å². The molecule has 0 aliphatic carbocycles. The third kappa shape index (κ3) is 4.16. The van der Waals surface area contributed by atoms with Crippen LogP contribution in [0.1, 0.15) is 39.5 Å². The molecule has 0 aromatic heterocycles. The number of rotatable bonds is 6. The van der Waals surface area contributed by atoms with Gasteiger partial charge in [-0.15, -0.1) is 0 Å². The fourth-order valence-electron chi connectivity index (χ4n) is 6.20. The van der Waals surface area contributed by atoms with E-state index in [4.69, 9.17) is 0 Å². The molecule has 1 amide bonds. The lowest BCUT2D eigenvalue weighted by Gasteiger charge is -2.47. The summed E-state index contributed by atoms with van der Waals surface area (Å²) in [6, 6.07) is 48.5. The molecule has 0 bridgehead atoms. The van der Waals surface area contributed by atoms with E-state index in [-0.39, 0.29) is 18.6 Å². The van der Waals surface area contributed by atoms with Crippen LogP contribution in [0.5, 0.6) is 0 Å². The van der Waals surface area contributed by atoms with E-state index in [2.05, 4.69) is 146 Å². The second kappa shape index (κ2) is 10.4. The number of amides is 1. The van der Waals surface area contributed by atoms with Crippen molar-refractivity contribution in [2.75, 3.05) is 11.4 Å². The fraction of sp³-hybridized carbons (Fsp3) is 0.139. The number of para-hydroxylation sites is 1. The highest BCUT2D eigenvalue weighted by molar-refractivity contribution is 5.98. The molecular formula is C36H32N2O. The topological polar surface area (TPSA) is 23.6 Å². The normalized spacial score (nSPS) is 16.0. The summed E-state index contributed by atoms with van der Waals surface area (Å²) in [5.74, 6) is 0.0877. The van der Waals surface area contributed by atoms with Gasteiger partial charge in [0, 0.05) is 5.69 Å². The molecule has 6 rings (SSSR count). The van der Waals surface area contributed by atoms with Gasteiger partial charge in [0.1, 0.15) is 6.17 Å². The van der Waals surface area contributed by atoms with Gasteiger partial charge in [-0.25, -0.2) is 0 Å². The first-order chi connectivity index (χ1) is 19.1. The van der Waals surface area contributed by atoms with Gasteiger partial charge >= 0.3 is 0 Å². The average Bonchev–Trinajstić information content (AvgIpc) is 3.32. The minimum atomic E-state index is -0.718. The van der Waals surface area contributed by atoms with Crippen LogP contribution in [0.25, 0.3) is 0 Å². The SMILES string of the molecule is Cc1ccccc1C1N(c2ccccc2C)C(=O)CN1C(c1ccccc1)(c1ccccc1)c1ccccc1. The summed E-state index contributed by atoms with van der Waals surface area (Å²) in [4.78, 5) is 18.7. The lowest BCUT2D eigenvalue weighted by atomic mass is 9.75. The Balaban J connectivity index is 1.71. The molecule has 3 heteroatoms. The molecule has 1 heterocycles. The first-order valence-electron chi connectivity index (χ1n) is 13.5. The molecule has 0 N–H and O–H groups in total. The Bertz CT molecular complexity index is 1480. The summed E-state index contributed by atoms with van der Waals surface area (Å²) in [5.41, 5.74) is 6.96. The van der Waals surface area contributed by atoms with Gasteiger partial charge in [0.05, 0.1) is 12.1 Å². The van der Waals surface area contributed by atoms with Gasteiger partial charge in [-0.3, -0.25) is 14.6 Å². The number of hydrogen-bond acceptors (Lipinski definition) is 2. The smallest absolute Gasteiger partial charge is 0.242 e. The van der Waals surface area contributed by atoms with E-state index in [9.17, 15) is 4.79 Å². The van der Waals surface area contributed by atoms with Crippen molar-refractivity contribution in [3.63, 3.8) is 0 Å². The van der Waals surface area contributed by atoms with Crippen molar-refractivity contribution in [3.8, 4) is 0 Å². The molecule has 1 fully saturated rings. The summed E-state index contributed by atoms with van der Waals surface area (Å²) in [5, 5.41) is 0. The van der Waals surface area contributed by atoms with E-state index in [1.807, 2.05) is 17.0 Å². The van der Waals surface area contributed by atoms with E-state index in [1.54, 1.807) is 0 Å². The van der Waals surface area contributed by atoms with Crippen LogP contribution in [0.15, 0.2) is 140 Å². The van der Waals surface area contributed by atoms with Crippen molar-refractivity contribution in [2.24, 2.45) is 0 Å². The van der Waals surface area contributed by atoms with Gasteiger partial charge in [0.25, 0.3) is 0 Å². The highest BCUT2D eigenvalue weighted by Gasteiger charge is 2.53. The Kier molecular flexibility index (Phi) is 6.60. The number of benzene rings is 5. The van der Waals surface area contributed by atoms with Crippen LogP contribution in [0.3, 0.4) is 0 Å². The van der Waals surface area contributed by atoms with Crippen LogP contribution < -0.4 is 4.90 Å². The molecule has 0 radical (unpaired) electrons. The van der Waals surface area contributed by atoms with Crippen LogP contribution in [0.2, 0.25) is 0 Å². The fourth-order valence-corrected chi connectivity index (χ4v) is 6.20. The maximum Gasteiger partial charge on any atom is 0.242 e. The summed E-state index contributed by atoms with van der Waals surface area (Å²) >= 11 is 0. The quantitative estimate of drug-likeness (QED) is 0.220. The van der Waals surface area contributed by atoms with Crippen LogP contribution in [0.4, 0.5) is 5.69 Å². The standard InChI is InChI=1S/C36H32N2O/c1-27-16-12-14-24-32(27)35-37(26-34(39)38(35)33-25-15-13-17-28(33)2)36(29-18-6-3-7-19-29,30-20-8-4-9-21-30)31-22-10-5-11-23-31/h3-25,35H,26H2,1-2H3. The van der Waals surface area contributed by atoms with Gasteiger partial charge in [-0.05, 0) is 53.3 Å². The van der Waals surface area contributed by atoms with Crippen molar-refractivity contribution in [1.82, 2.24) is 4.90 Å². The Morgan fingerprint density at radius 3 is 1.49 bits per heavy atom. The first kappa shape index (κ1) is 24.8. The van der Waals surface area contributed by atoms with Crippen molar-refractivity contribution >= 4 is 11.6 Å². The number of carbonyl (C=O) groups is 1. The zero-order valence-electron chi connectivity index (χ0n) is 22.4. The summed E-state index contributed by atoms with van der Waals surface area (Å²) < 4.78 is 0. The number of carbonyl (C=O) groups excluding carboxylic acids is 1. The monoisotopic (exact) mass is 508 g/mol. The van der Waals surface area contributed by atoms with Gasteiger partial charge in [0.2, 0.25) is 5.91 Å². The Morgan fingerprint density at radius 1 is 0.564 bits per heavy atom. The Labute approximate surface area is 231 Å². The molecule has 0 spiro atoms. The molecule has 1 aliphatic rings. The van der Waals surface area contributed by atoms with Crippen LogP contribution >= 0.6 is 0 Å². The number of nitrogens with zero attached hydrogens (tertiary/aromatic N) is 2. The highest BCUT2D eigenvalue weighted by Crippen LogP contribution is 2.50. The Hall–Kier alpha value is -4.47. The molecule has 0 saturated carbocycles.